The van der Waals surface area contributed by atoms with Crippen LogP contribution in [-0.2, 0) is 16.6 Å². The quantitative estimate of drug-likeness (QED) is 0.895. The zero-order valence-corrected chi connectivity index (χ0v) is 15.4. The molecule has 0 radical (unpaired) electrons. The lowest BCUT2D eigenvalue weighted by Gasteiger charge is -2.29. The Morgan fingerprint density at radius 1 is 1.36 bits per heavy atom. The van der Waals surface area contributed by atoms with Gasteiger partial charge in [-0.15, -0.1) is 12.4 Å². The van der Waals surface area contributed by atoms with Gasteiger partial charge in [0.1, 0.15) is 4.90 Å². The SMILES string of the molecule is Cc1nn(CC(C)C)c(C)c1S(=O)(=O)N1CCCC(N)C1.Cl. The number of halogens is 1. The minimum Gasteiger partial charge on any atom is -0.327 e. The molecule has 6 nitrogen and oxygen atoms in total. The molecule has 22 heavy (non-hydrogen) atoms. The molecule has 2 N–H and O–H groups in total. The normalized spacial score (nSPS) is 20.2. The molecule has 1 aromatic heterocycles. The van der Waals surface area contributed by atoms with Crippen molar-refractivity contribution in [2.24, 2.45) is 11.7 Å². The van der Waals surface area contributed by atoms with Gasteiger partial charge < -0.3 is 5.73 Å². The van der Waals surface area contributed by atoms with Crippen LogP contribution in [0.25, 0.3) is 0 Å². The number of hydrogen-bond acceptors (Lipinski definition) is 4. The zero-order chi connectivity index (χ0) is 15.8. The van der Waals surface area contributed by atoms with E-state index in [1.807, 2.05) is 6.92 Å². The van der Waals surface area contributed by atoms with Gasteiger partial charge in [-0.1, -0.05) is 13.8 Å². The van der Waals surface area contributed by atoms with E-state index in [0.29, 0.717) is 29.6 Å². The second-order valence-corrected chi connectivity index (χ2v) is 8.22. The number of piperidine rings is 1. The van der Waals surface area contributed by atoms with Crippen molar-refractivity contribution in [1.82, 2.24) is 14.1 Å². The third-order valence-corrected chi connectivity index (χ3v) is 5.99. The second-order valence-electron chi connectivity index (χ2n) is 6.34. The highest BCUT2D eigenvalue weighted by atomic mass is 35.5. The van der Waals surface area contributed by atoms with E-state index in [2.05, 4.69) is 18.9 Å². The summed E-state index contributed by atoms with van der Waals surface area (Å²) in [6, 6.07) is -0.0696. The van der Waals surface area contributed by atoms with E-state index in [9.17, 15) is 8.42 Å². The average Bonchev–Trinajstić information content (AvgIpc) is 2.64. The highest BCUT2D eigenvalue weighted by Gasteiger charge is 2.33. The summed E-state index contributed by atoms with van der Waals surface area (Å²) in [4.78, 5) is 0.359. The van der Waals surface area contributed by atoms with Gasteiger partial charge >= 0.3 is 0 Å². The molecule has 1 atom stereocenters. The van der Waals surface area contributed by atoms with Crippen LogP contribution in [0.2, 0.25) is 0 Å². The van der Waals surface area contributed by atoms with Crippen molar-refractivity contribution >= 4 is 22.4 Å². The number of hydrogen-bond donors (Lipinski definition) is 1. The molecule has 1 fully saturated rings. The minimum atomic E-state index is -3.50. The zero-order valence-electron chi connectivity index (χ0n) is 13.7. The molecule has 0 spiro atoms. The molecule has 1 saturated heterocycles. The summed E-state index contributed by atoms with van der Waals surface area (Å²) >= 11 is 0. The van der Waals surface area contributed by atoms with Crippen LogP contribution in [0.4, 0.5) is 0 Å². The van der Waals surface area contributed by atoms with Crippen molar-refractivity contribution in [1.29, 1.82) is 0 Å². The van der Waals surface area contributed by atoms with Crippen molar-refractivity contribution in [3.63, 3.8) is 0 Å². The van der Waals surface area contributed by atoms with Crippen molar-refractivity contribution in [2.45, 2.75) is 58.0 Å². The number of aryl methyl sites for hydroxylation is 1. The van der Waals surface area contributed by atoms with E-state index in [-0.39, 0.29) is 18.4 Å². The molecule has 1 aliphatic heterocycles. The summed E-state index contributed by atoms with van der Waals surface area (Å²) < 4.78 is 29.1. The number of rotatable bonds is 4. The van der Waals surface area contributed by atoms with Gasteiger partial charge in [0, 0.05) is 25.7 Å². The van der Waals surface area contributed by atoms with Gasteiger partial charge in [-0.3, -0.25) is 4.68 Å². The molecular formula is C14H27ClN4O2S. The highest BCUT2D eigenvalue weighted by Crippen LogP contribution is 2.26. The Kier molecular flexibility index (Phi) is 6.44. The molecule has 1 unspecified atom stereocenters. The number of nitrogens with zero attached hydrogens (tertiary/aromatic N) is 3. The third kappa shape index (κ3) is 3.82. The van der Waals surface area contributed by atoms with Crippen LogP contribution in [0.5, 0.6) is 0 Å². The molecule has 0 amide bonds. The van der Waals surface area contributed by atoms with Crippen LogP contribution in [0, 0.1) is 19.8 Å². The molecule has 2 rings (SSSR count). The number of nitrogens with two attached hydrogens (primary N) is 1. The monoisotopic (exact) mass is 350 g/mol. The smallest absolute Gasteiger partial charge is 0.246 e. The van der Waals surface area contributed by atoms with Crippen molar-refractivity contribution in [3.05, 3.63) is 11.4 Å². The van der Waals surface area contributed by atoms with Crippen molar-refractivity contribution in [2.75, 3.05) is 13.1 Å². The summed E-state index contributed by atoms with van der Waals surface area (Å²) in [5, 5.41) is 4.41. The fourth-order valence-corrected chi connectivity index (χ4v) is 4.81. The largest absolute Gasteiger partial charge is 0.327 e. The molecule has 0 bridgehead atoms. The van der Waals surface area contributed by atoms with Crippen LogP contribution >= 0.6 is 12.4 Å². The van der Waals surface area contributed by atoms with Gasteiger partial charge in [-0.2, -0.15) is 9.40 Å². The van der Waals surface area contributed by atoms with Gasteiger partial charge in [-0.05, 0) is 32.6 Å². The highest BCUT2D eigenvalue weighted by molar-refractivity contribution is 7.89. The Balaban J connectivity index is 0.00000242. The first-order valence-electron chi connectivity index (χ1n) is 7.53. The first-order chi connectivity index (χ1) is 9.73. The molecule has 0 aliphatic carbocycles. The summed E-state index contributed by atoms with van der Waals surface area (Å²) in [5.41, 5.74) is 7.22. The maximum absolute atomic E-state index is 12.9. The lowest BCUT2D eigenvalue weighted by atomic mass is 10.1. The minimum absolute atomic E-state index is 0. The lowest BCUT2D eigenvalue weighted by Crippen LogP contribution is -2.45. The number of sulfonamides is 1. The van der Waals surface area contributed by atoms with Crippen molar-refractivity contribution < 1.29 is 8.42 Å². The van der Waals surface area contributed by atoms with Crippen LogP contribution in [0.1, 0.15) is 38.1 Å². The summed E-state index contributed by atoms with van der Waals surface area (Å²) in [6.07, 6.45) is 1.70. The fourth-order valence-electron chi connectivity index (χ4n) is 2.90. The fraction of sp³-hybridized carbons (Fsp3) is 0.786. The summed E-state index contributed by atoms with van der Waals surface area (Å²) in [5.74, 6) is 0.418. The van der Waals surface area contributed by atoms with Crippen LogP contribution in [-0.4, -0.2) is 41.6 Å². The van der Waals surface area contributed by atoms with Crippen LogP contribution in [0.15, 0.2) is 4.90 Å². The second kappa shape index (κ2) is 7.29. The van der Waals surface area contributed by atoms with E-state index >= 15 is 0 Å². The third-order valence-electron chi connectivity index (χ3n) is 3.87. The lowest BCUT2D eigenvalue weighted by molar-refractivity contribution is 0.316. The maximum atomic E-state index is 12.9. The molecule has 2 heterocycles. The van der Waals surface area contributed by atoms with E-state index in [1.54, 1.807) is 11.6 Å². The van der Waals surface area contributed by atoms with Gasteiger partial charge in [0.2, 0.25) is 10.0 Å². The van der Waals surface area contributed by atoms with E-state index in [0.717, 1.165) is 25.1 Å². The molecule has 8 heteroatoms. The molecule has 0 saturated carbocycles. The summed E-state index contributed by atoms with van der Waals surface area (Å²) in [7, 11) is -3.50. The standard InChI is InChI=1S/C14H26N4O2S.ClH/c1-10(2)8-18-12(4)14(11(3)16-18)21(19,20)17-7-5-6-13(15)9-17;/h10,13H,5-9,15H2,1-4H3;1H. The molecule has 0 aromatic carbocycles. The molecule has 1 aromatic rings. The molecule has 128 valence electrons. The van der Waals surface area contributed by atoms with Gasteiger partial charge in [0.25, 0.3) is 0 Å². The predicted molar refractivity (Wildman–Crippen MR) is 89.8 cm³/mol. The first kappa shape index (κ1) is 19.4. The van der Waals surface area contributed by atoms with Crippen LogP contribution in [0.3, 0.4) is 0 Å². The predicted octanol–water partition coefficient (Wildman–Crippen LogP) is 1.69. The maximum Gasteiger partial charge on any atom is 0.246 e. The van der Waals surface area contributed by atoms with Gasteiger partial charge in [0.15, 0.2) is 0 Å². The Hall–Kier alpha value is -0.630. The number of aromatic nitrogens is 2. The summed E-state index contributed by atoms with van der Waals surface area (Å²) in [6.45, 7) is 9.45. The van der Waals surface area contributed by atoms with Crippen molar-refractivity contribution in [3.8, 4) is 0 Å². The van der Waals surface area contributed by atoms with E-state index in [1.165, 1.54) is 4.31 Å². The van der Waals surface area contributed by atoms with Gasteiger partial charge in [-0.25, -0.2) is 8.42 Å². The Bertz CT molecular complexity index is 613. The van der Waals surface area contributed by atoms with E-state index < -0.39 is 10.0 Å². The molecular weight excluding hydrogens is 324 g/mol. The Labute approximate surface area is 139 Å². The van der Waals surface area contributed by atoms with Crippen LogP contribution < -0.4 is 5.73 Å². The first-order valence-corrected chi connectivity index (χ1v) is 8.97. The molecule has 1 aliphatic rings. The Morgan fingerprint density at radius 3 is 2.55 bits per heavy atom. The van der Waals surface area contributed by atoms with E-state index in [4.69, 9.17) is 5.73 Å². The van der Waals surface area contributed by atoms with Gasteiger partial charge in [0.05, 0.1) is 11.4 Å². The Morgan fingerprint density at radius 2 is 2.00 bits per heavy atom. The topological polar surface area (TPSA) is 81.2 Å². The average molecular weight is 351 g/mol.